The van der Waals surface area contributed by atoms with E-state index in [1.165, 1.54) is 5.56 Å². The Morgan fingerprint density at radius 2 is 2.00 bits per heavy atom. The van der Waals surface area contributed by atoms with Crippen LogP contribution in [0.15, 0.2) is 42.5 Å². The molecular weight excluding hydrogens is 312 g/mol. The van der Waals surface area contributed by atoms with Crippen molar-refractivity contribution in [2.24, 2.45) is 0 Å². The largest absolute Gasteiger partial charge is 0.346 e. The average molecular weight is 329 g/mol. The number of nitrogens with one attached hydrogen (secondary N) is 2. The van der Waals surface area contributed by atoms with Crippen LogP contribution in [0.5, 0.6) is 0 Å². The molecule has 2 N–H and O–H groups in total. The fourth-order valence-corrected chi connectivity index (χ4v) is 2.98. The molecule has 2 aromatic rings. The number of fused-ring (bicyclic) bond motifs is 1. The fraction of sp³-hybridized carbons (Fsp3) is 0.222. The van der Waals surface area contributed by atoms with Gasteiger partial charge >= 0.3 is 0 Å². The summed E-state index contributed by atoms with van der Waals surface area (Å²) in [6.07, 6.45) is 0.730. The van der Waals surface area contributed by atoms with Crippen molar-refractivity contribution < 1.29 is 9.59 Å². The molecule has 0 bridgehead atoms. The van der Waals surface area contributed by atoms with Crippen molar-refractivity contribution >= 4 is 29.1 Å². The van der Waals surface area contributed by atoms with Gasteiger partial charge in [-0.25, -0.2) is 0 Å². The molecule has 0 saturated carbocycles. The Morgan fingerprint density at radius 3 is 2.74 bits per heavy atom. The normalized spacial score (nSPS) is 15.3. The monoisotopic (exact) mass is 328 g/mol. The van der Waals surface area contributed by atoms with Crippen LogP contribution in [0.25, 0.3) is 0 Å². The highest BCUT2D eigenvalue weighted by molar-refractivity contribution is 6.33. The highest BCUT2D eigenvalue weighted by atomic mass is 35.5. The minimum Gasteiger partial charge on any atom is -0.346 e. The van der Waals surface area contributed by atoms with E-state index in [1.807, 2.05) is 37.3 Å². The Morgan fingerprint density at radius 1 is 1.22 bits per heavy atom. The number of anilines is 1. The summed E-state index contributed by atoms with van der Waals surface area (Å²) in [5.41, 5.74) is 3.81. The van der Waals surface area contributed by atoms with Gasteiger partial charge in [0, 0.05) is 0 Å². The van der Waals surface area contributed by atoms with E-state index in [0.717, 1.165) is 17.5 Å². The second kappa shape index (κ2) is 6.42. The van der Waals surface area contributed by atoms with Crippen molar-refractivity contribution in [3.05, 3.63) is 64.2 Å². The lowest BCUT2D eigenvalue weighted by atomic mass is 9.77. The van der Waals surface area contributed by atoms with Crippen LogP contribution >= 0.6 is 11.6 Å². The van der Waals surface area contributed by atoms with E-state index in [-0.39, 0.29) is 24.3 Å². The van der Waals surface area contributed by atoms with Gasteiger partial charge in [0.2, 0.25) is 11.8 Å². The minimum atomic E-state index is -0.295. The summed E-state index contributed by atoms with van der Waals surface area (Å²) in [7, 11) is 0. The van der Waals surface area contributed by atoms with Gasteiger partial charge in [0.25, 0.3) is 0 Å². The Kier molecular flexibility index (Phi) is 4.35. The van der Waals surface area contributed by atoms with E-state index in [0.29, 0.717) is 10.7 Å². The molecule has 0 radical (unpaired) electrons. The van der Waals surface area contributed by atoms with Crippen LogP contribution in [0.2, 0.25) is 5.02 Å². The van der Waals surface area contributed by atoms with Gasteiger partial charge in [0.15, 0.2) is 0 Å². The maximum Gasteiger partial charge on any atom is 0.243 e. The van der Waals surface area contributed by atoms with Crippen molar-refractivity contribution in [2.75, 3.05) is 11.9 Å². The number of amides is 2. The zero-order valence-electron chi connectivity index (χ0n) is 12.7. The lowest BCUT2D eigenvalue weighted by Crippen LogP contribution is -2.39. The van der Waals surface area contributed by atoms with Crippen molar-refractivity contribution in [3.63, 3.8) is 0 Å². The third kappa shape index (κ3) is 3.37. The van der Waals surface area contributed by atoms with E-state index in [4.69, 9.17) is 11.6 Å². The van der Waals surface area contributed by atoms with Gasteiger partial charge in [0.05, 0.1) is 23.2 Å². The summed E-state index contributed by atoms with van der Waals surface area (Å²) < 4.78 is 0. The second-order valence-electron chi connectivity index (χ2n) is 5.70. The highest BCUT2D eigenvalue weighted by Crippen LogP contribution is 2.34. The van der Waals surface area contributed by atoms with Gasteiger partial charge in [-0.2, -0.15) is 0 Å². The first-order valence-corrected chi connectivity index (χ1v) is 7.84. The van der Waals surface area contributed by atoms with Gasteiger partial charge < -0.3 is 10.6 Å². The first-order valence-electron chi connectivity index (χ1n) is 7.46. The van der Waals surface area contributed by atoms with Gasteiger partial charge in [-0.3, -0.25) is 9.59 Å². The zero-order chi connectivity index (χ0) is 16.4. The van der Waals surface area contributed by atoms with E-state index >= 15 is 0 Å². The molecule has 2 aromatic carbocycles. The maximum atomic E-state index is 12.1. The molecule has 0 fully saturated rings. The summed E-state index contributed by atoms with van der Waals surface area (Å²) in [6, 6.07) is 13.3. The lowest BCUT2D eigenvalue weighted by Gasteiger charge is -2.28. The number of aryl methyl sites for hydroxylation is 1. The smallest absolute Gasteiger partial charge is 0.243 e. The molecule has 118 valence electrons. The number of carbonyl (C=O) groups is 2. The number of benzene rings is 2. The molecule has 4 nitrogen and oxygen atoms in total. The summed E-state index contributed by atoms with van der Waals surface area (Å²) in [5, 5.41) is 5.87. The standard InChI is InChI=1S/C18H17ClN2O2/c1-11-6-7-16(15(19)8-11)21-17(22)10-20-18(23)14-9-12-4-2-3-5-13(12)14/h2-8,14H,9-10H2,1H3,(H,20,23)(H,21,22)/t14-/m1/s1. The second-order valence-corrected chi connectivity index (χ2v) is 6.11. The van der Waals surface area contributed by atoms with Gasteiger partial charge in [-0.15, -0.1) is 0 Å². The van der Waals surface area contributed by atoms with Crippen LogP contribution in [0.3, 0.4) is 0 Å². The number of hydrogen-bond acceptors (Lipinski definition) is 2. The van der Waals surface area contributed by atoms with Crippen LogP contribution in [0, 0.1) is 6.92 Å². The molecule has 0 saturated heterocycles. The van der Waals surface area contributed by atoms with Crippen molar-refractivity contribution in [1.82, 2.24) is 5.32 Å². The van der Waals surface area contributed by atoms with Crippen LogP contribution < -0.4 is 10.6 Å². The quantitative estimate of drug-likeness (QED) is 0.906. The zero-order valence-corrected chi connectivity index (χ0v) is 13.5. The Hall–Kier alpha value is -2.33. The average Bonchev–Trinajstić information content (AvgIpc) is 2.49. The lowest BCUT2D eigenvalue weighted by molar-refractivity contribution is -0.125. The molecule has 2 amide bonds. The minimum absolute atomic E-state index is 0.0678. The molecule has 1 atom stereocenters. The molecular formula is C18H17ClN2O2. The SMILES string of the molecule is Cc1ccc(NC(=O)CNC(=O)[C@@H]2Cc3ccccc32)c(Cl)c1. The van der Waals surface area contributed by atoms with Crippen molar-refractivity contribution in [1.29, 1.82) is 0 Å². The molecule has 0 aromatic heterocycles. The molecule has 0 heterocycles. The summed E-state index contributed by atoms with van der Waals surface area (Å²) in [6.45, 7) is 1.86. The maximum absolute atomic E-state index is 12.1. The predicted octanol–water partition coefficient (Wildman–Crippen LogP) is 3.04. The number of rotatable bonds is 4. The van der Waals surface area contributed by atoms with Crippen molar-refractivity contribution in [3.8, 4) is 0 Å². The van der Waals surface area contributed by atoms with Gasteiger partial charge in [0.1, 0.15) is 0 Å². The van der Waals surface area contributed by atoms with E-state index in [2.05, 4.69) is 10.6 Å². The van der Waals surface area contributed by atoms with Crippen LogP contribution in [-0.2, 0) is 16.0 Å². The Balaban J connectivity index is 1.53. The first kappa shape index (κ1) is 15.6. The summed E-state index contributed by atoms with van der Waals surface area (Å²) in [5.74, 6) is -0.562. The van der Waals surface area contributed by atoms with Crippen LogP contribution in [-0.4, -0.2) is 18.4 Å². The van der Waals surface area contributed by atoms with Crippen molar-refractivity contribution in [2.45, 2.75) is 19.3 Å². The van der Waals surface area contributed by atoms with Gasteiger partial charge in [-0.1, -0.05) is 41.9 Å². The van der Waals surface area contributed by atoms with Crippen LogP contribution in [0.1, 0.15) is 22.6 Å². The molecule has 5 heteroatoms. The highest BCUT2D eigenvalue weighted by Gasteiger charge is 2.31. The molecule has 1 aliphatic rings. The number of halogens is 1. The third-order valence-electron chi connectivity index (χ3n) is 3.99. The molecule has 1 aliphatic carbocycles. The summed E-state index contributed by atoms with van der Waals surface area (Å²) in [4.78, 5) is 24.1. The van der Waals surface area contributed by atoms with Gasteiger partial charge in [-0.05, 0) is 42.2 Å². The molecule has 3 rings (SSSR count). The summed E-state index contributed by atoms with van der Waals surface area (Å²) >= 11 is 6.07. The predicted molar refractivity (Wildman–Crippen MR) is 90.7 cm³/mol. The topological polar surface area (TPSA) is 58.2 Å². The molecule has 0 unspecified atom stereocenters. The number of hydrogen-bond donors (Lipinski definition) is 2. The molecule has 0 aliphatic heterocycles. The fourth-order valence-electron chi connectivity index (χ4n) is 2.70. The van der Waals surface area contributed by atoms with Crippen LogP contribution in [0.4, 0.5) is 5.69 Å². The Bertz CT molecular complexity index is 773. The third-order valence-corrected chi connectivity index (χ3v) is 4.31. The number of carbonyl (C=O) groups excluding carboxylic acids is 2. The van der Waals surface area contributed by atoms with E-state index < -0.39 is 0 Å². The van der Waals surface area contributed by atoms with E-state index in [9.17, 15) is 9.59 Å². The molecule has 0 spiro atoms. The Labute approximate surface area is 139 Å². The first-order chi connectivity index (χ1) is 11.0. The van der Waals surface area contributed by atoms with E-state index in [1.54, 1.807) is 12.1 Å². The molecule has 23 heavy (non-hydrogen) atoms.